The van der Waals surface area contributed by atoms with E-state index in [1.165, 1.54) is 6.08 Å². The molecule has 0 radical (unpaired) electrons. The number of rotatable bonds is 4. The Morgan fingerprint density at radius 1 is 1.35 bits per heavy atom. The van der Waals surface area contributed by atoms with Crippen LogP contribution in [0.5, 0.6) is 5.75 Å². The van der Waals surface area contributed by atoms with Crippen LogP contribution in [0.2, 0.25) is 5.02 Å². The lowest BCUT2D eigenvalue weighted by atomic mass is 9.89. The van der Waals surface area contributed by atoms with Crippen LogP contribution >= 0.6 is 11.6 Å². The maximum Gasteiger partial charge on any atom is 0.328 e. The molecule has 0 aromatic heterocycles. The van der Waals surface area contributed by atoms with Gasteiger partial charge in [-0.2, -0.15) is 0 Å². The summed E-state index contributed by atoms with van der Waals surface area (Å²) in [6.07, 6.45) is 7.16. The van der Waals surface area contributed by atoms with E-state index in [4.69, 9.17) is 21.4 Å². The fourth-order valence-corrected chi connectivity index (χ4v) is 2.68. The second-order valence-corrected chi connectivity index (χ2v) is 5.74. The number of benzene rings is 1. The molecule has 20 heavy (non-hydrogen) atoms. The van der Waals surface area contributed by atoms with Crippen molar-refractivity contribution in [1.29, 1.82) is 0 Å². The largest absolute Gasteiger partial charge is 0.488 e. The highest BCUT2D eigenvalue weighted by Gasteiger charge is 2.21. The van der Waals surface area contributed by atoms with Gasteiger partial charge in [-0.05, 0) is 43.7 Å². The molecule has 3 nitrogen and oxygen atoms in total. The van der Waals surface area contributed by atoms with Crippen LogP contribution in [0.1, 0.15) is 38.2 Å². The smallest absolute Gasteiger partial charge is 0.328 e. The first-order chi connectivity index (χ1) is 9.56. The predicted molar refractivity (Wildman–Crippen MR) is 80.2 cm³/mol. The van der Waals surface area contributed by atoms with Gasteiger partial charge in [-0.15, -0.1) is 0 Å². The Morgan fingerprint density at radius 2 is 2.05 bits per heavy atom. The highest BCUT2D eigenvalue weighted by Crippen LogP contribution is 2.34. The van der Waals surface area contributed by atoms with Crippen molar-refractivity contribution in [2.45, 2.75) is 38.7 Å². The zero-order valence-electron chi connectivity index (χ0n) is 11.5. The predicted octanol–water partition coefficient (Wildman–Crippen LogP) is 4.40. The third-order valence-electron chi connectivity index (χ3n) is 3.65. The van der Waals surface area contributed by atoms with Crippen LogP contribution < -0.4 is 4.74 Å². The maximum absolute atomic E-state index is 10.6. The Kier molecular flexibility index (Phi) is 5.07. The average Bonchev–Trinajstić information content (AvgIpc) is 2.41. The van der Waals surface area contributed by atoms with Gasteiger partial charge in [0.25, 0.3) is 0 Å². The van der Waals surface area contributed by atoms with Gasteiger partial charge >= 0.3 is 5.97 Å². The van der Waals surface area contributed by atoms with Crippen molar-refractivity contribution in [3.8, 4) is 5.75 Å². The molecule has 1 N–H and O–H groups in total. The minimum Gasteiger partial charge on any atom is -0.488 e. The SMILES string of the molecule is CC1CCC(Oc2c(Cl)cccc2/C=C/C(=O)O)CC1. The Bertz CT molecular complexity index is 502. The lowest BCUT2D eigenvalue weighted by Crippen LogP contribution is -2.23. The van der Waals surface area contributed by atoms with Gasteiger partial charge in [0.15, 0.2) is 0 Å². The van der Waals surface area contributed by atoms with Gasteiger partial charge in [0.05, 0.1) is 11.1 Å². The first-order valence-corrected chi connectivity index (χ1v) is 7.30. The van der Waals surface area contributed by atoms with Crippen LogP contribution in [-0.2, 0) is 4.79 Å². The van der Waals surface area contributed by atoms with Gasteiger partial charge < -0.3 is 9.84 Å². The summed E-state index contributed by atoms with van der Waals surface area (Å²) >= 11 is 6.19. The third-order valence-corrected chi connectivity index (χ3v) is 3.95. The molecule has 0 atom stereocenters. The summed E-state index contributed by atoms with van der Waals surface area (Å²) in [4.78, 5) is 10.6. The number of carbonyl (C=O) groups is 1. The molecule has 0 unspecified atom stereocenters. The Labute approximate surface area is 124 Å². The molecule has 1 fully saturated rings. The van der Waals surface area contributed by atoms with Gasteiger partial charge in [-0.1, -0.05) is 30.7 Å². The zero-order chi connectivity index (χ0) is 14.5. The highest BCUT2D eigenvalue weighted by molar-refractivity contribution is 6.32. The second kappa shape index (κ2) is 6.80. The molecule has 1 aliphatic rings. The summed E-state index contributed by atoms with van der Waals surface area (Å²) in [6, 6.07) is 5.37. The van der Waals surface area contributed by atoms with E-state index in [1.807, 2.05) is 6.07 Å². The van der Waals surface area contributed by atoms with Crippen LogP contribution in [0.15, 0.2) is 24.3 Å². The number of carboxylic acids is 1. The molecular weight excluding hydrogens is 276 g/mol. The fraction of sp³-hybridized carbons (Fsp3) is 0.438. The number of hydrogen-bond acceptors (Lipinski definition) is 2. The quantitative estimate of drug-likeness (QED) is 0.838. The summed E-state index contributed by atoms with van der Waals surface area (Å²) in [7, 11) is 0. The molecule has 0 amide bonds. The molecule has 0 heterocycles. The molecule has 1 aliphatic carbocycles. The lowest BCUT2D eigenvalue weighted by Gasteiger charge is -2.27. The number of halogens is 1. The topological polar surface area (TPSA) is 46.5 Å². The zero-order valence-corrected chi connectivity index (χ0v) is 12.3. The van der Waals surface area contributed by atoms with Crippen molar-refractivity contribution in [3.05, 3.63) is 34.9 Å². The Balaban J connectivity index is 2.15. The fourth-order valence-electron chi connectivity index (χ4n) is 2.46. The summed E-state index contributed by atoms with van der Waals surface area (Å²) in [5, 5.41) is 9.25. The molecule has 1 aromatic carbocycles. The van der Waals surface area contributed by atoms with E-state index in [0.29, 0.717) is 16.3 Å². The summed E-state index contributed by atoms with van der Waals surface area (Å²) in [6.45, 7) is 2.26. The molecule has 0 saturated heterocycles. The van der Waals surface area contributed by atoms with Crippen molar-refractivity contribution in [1.82, 2.24) is 0 Å². The van der Waals surface area contributed by atoms with Crippen LogP contribution in [0, 0.1) is 5.92 Å². The summed E-state index contributed by atoms with van der Waals surface area (Å²) < 4.78 is 6.02. The van der Waals surface area contributed by atoms with Crippen molar-refractivity contribution in [2.75, 3.05) is 0 Å². The van der Waals surface area contributed by atoms with Gasteiger partial charge in [-0.25, -0.2) is 4.79 Å². The Morgan fingerprint density at radius 3 is 2.70 bits per heavy atom. The first-order valence-electron chi connectivity index (χ1n) is 6.92. The molecule has 0 bridgehead atoms. The van der Waals surface area contributed by atoms with E-state index in [2.05, 4.69) is 6.92 Å². The molecular formula is C16H19ClO3. The molecule has 1 saturated carbocycles. The van der Waals surface area contributed by atoms with E-state index in [9.17, 15) is 4.79 Å². The van der Waals surface area contributed by atoms with E-state index in [0.717, 1.165) is 37.7 Å². The minimum absolute atomic E-state index is 0.170. The van der Waals surface area contributed by atoms with E-state index < -0.39 is 5.97 Å². The minimum atomic E-state index is -0.984. The van der Waals surface area contributed by atoms with E-state index >= 15 is 0 Å². The van der Waals surface area contributed by atoms with Crippen LogP contribution in [-0.4, -0.2) is 17.2 Å². The van der Waals surface area contributed by atoms with Gasteiger partial charge in [-0.3, -0.25) is 0 Å². The van der Waals surface area contributed by atoms with E-state index in [1.54, 1.807) is 12.1 Å². The summed E-state index contributed by atoms with van der Waals surface area (Å²) in [5.41, 5.74) is 0.707. The molecule has 0 aliphatic heterocycles. The summed E-state index contributed by atoms with van der Waals surface area (Å²) in [5.74, 6) is 0.362. The van der Waals surface area contributed by atoms with Crippen LogP contribution in [0.25, 0.3) is 6.08 Å². The lowest BCUT2D eigenvalue weighted by molar-refractivity contribution is -0.131. The molecule has 108 valence electrons. The molecule has 4 heteroatoms. The first kappa shape index (κ1) is 14.9. The molecule has 2 rings (SSSR count). The monoisotopic (exact) mass is 294 g/mol. The standard InChI is InChI=1S/C16H19ClO3/c1-11-5-8-13(9-6-11)20-16-12(7-10-15(18)19)3-2-4-14(16)17/h2-4,7,10-11,13H,5-6,8-9H2,1H3,(H,18,19)/b10-7+. The van der Waals surface area contributed by atoms with Crippen LogP contribution in [0.4, 0.5) is 0 Å². The number of aliphatic carboxylic acids is 1. The highest BCUT2D eigenvalue weighted by atomic mass is 35.5. The van der Waals surface area contributed by atoms with Crippen LogP contribution in [0.3, 0.4) is 0 Å². The van der Waals surface area contributed by atoms with Crippen molar-refractivity contribution in [3.63, 3.8) is 0 Å². The number of hydrogen-bond donors (Lipinski definition) is 1. The second-order valence-electron chi connectivity index (χ2n) is 5.33. The van der Waals surface area contributed by atoms with Crippen molar-refractivity contribution < 1.29 is 14.6 Å². The normalized spacial score (nSPS) is 22.9. The van der Waals surface area contributed by atoms with Gasteiger partial charge in [0.2, 0.25) is 0 Å². The number of para-hydroxylation sites is 1. The average molecular weight is 295 g/mol. The molecule has 0 spiro atoms. The number of carboxylic acid groups (broad SMARTS) is 1. The Hall–Kier alpha value is -1.48. The van der Waals surface area contributed by atoms with Gasteiger partial charge in [0, 0.05) is 11.6 Å². The van der Waals surface area contributed by atoms with E-state index in [-0.39, 0.29) is 6.10 Å². The number of ether oxygens (including phenoxy) is 1. The third kappa shape index (κ3) is 4.01. The van der Waals surface area contributed by atoms with Crippen molar-refractivity contribution in [2.24, 2.45) is 5.92 Å². The van der Waals surface area contributed by atoms with Crippen molar-refractivity contribution >= 4 is 23.6 Å². The molecule has 1 aromatic rings. The maximum atomic E-state index is 10.6. The van der Waals surface area contributed by atoms with Gasteiger partial charge in [0.1, 0.15) is 5.75 Å².